The molecule has 11 heavy (non-hydrogen) atoms. The molecule has 1 fully saturated rings. The highest BCUT2D eigenvalue weighted by atomic mass is 32.2. The van der Waals surface area contributed by atoms with E-state index in [4.69, 9.17) is 5.14 Å². The summed E-state index contributed by atoms with van der Waals surface area (Å²) in [4.78, 5) is 0. The first-order valence-electron chi connectivity index (χ1n) is 3.78. The molecule has 0 aromatic carbocycles. The van der Waals surface area contributed by atoms with E-state index in [0.29, 0.717) is 19.0 Å². The van der Waals surface area contributed by atoms with Crippen LogP contribution in [0, 0.1) is 5.92 Å². The van der Waals surface area contributed by atoms with E-state index in [2.05, 4.69) is 0 Å². The first-order valence-corrected chi connectivity index (χ1v) is 5.28. The Balaban J connectivity index is 2.60. The van der Waals surface area contributed by atoms with Gasteiger partial charge in [-0.05, 0) is 18.8 Å². The minimum Gasteiger partial charge on any atom is -0.216 e. The van der Waals surface area contributed by atoms with Crippen LogP contribution in [0.1, 0.15) is 19.8 Å². The second-order valence-electron chi connectivity index (χ2n) is 3.15. The molecule has 0 aromatic heterocycles. The van der Waals surface area contributed by atoms with E-state index in [1.54, 1.807) is 0 Å². The normalized spacial score (nSPS) is 28.7. The highest BCUT2D eigenvalue weighted by Crippen LogP contribution is 2.16. The number of nitrogens with two attached hydrogens (primary N) is 1. The van der Waals surface area contributed by atoms with Gasteiger partial charge in [0.05, 0.1) is 0 Å². The average molecular weight is 178 g/mol. The fourth-order valence-corrected chi connectivity index (χ4v) is 2.22. The molecule has 5 heteroatoms. The van der Waals surface area contributed by atoms with Crippen molar-refractivity contribution in [1.29, 1.82) is 0 Å². The summed E-state index contributed by atoms with van der Waals surface area (Å²) in [7, 11) is -3.43. The van der Waals surface area contributed by atoms with Crippen LogP contribution in [0.2, 0.25) is 0 Å². The molecule has 0 aliphatic carbocycles. The molecule has 1 atom stereocenters. The summed E-state index contributed by atoms with van der Waals surface area (Å²) in [5.41, 5.74) is 0. The predicted octanol–water partition coefficient (Wildman–Crippen LogP) is -0.0782. The van der Waals surface area contributed by atoms with E-state index in [-0.39, 0.29) is 0 Å². The molecule has 4 nitrogen and oxygen atoms in total. The first-order chi connectivity index (χ1) is 5.00. The Bertz CT molecular complexity index is 225. The summed E-state index contributed by atoms with van der Waals surface area (Å²) in [5.74, 6) is 0.446. The van der Waals surface area contributed by atoms with E-state index in [0.717, 1.165) is 12.8 Å². The quantitative estimate of drug-likeness (QED) is 0.610. The third-order valence-corrected chi connectivity index (χ3v) is 3.03. The molecule has 0 amide bonds. The molecule has 0 aromatic rings. The van der Waals surface area contributed by atoms with E-state index in [1.807, 2.05) is 6.92 Å². The second-order valence-corrected chi connectivity index (χ2v) is 4.70. The largest absolute Gasteiger partial charge is 0.276 e. The van der Waals surface area contributed by atoms with Gasteiger partial charge < -0.3 is 0 Å². The zero-order valence-corrected chi connectivity index (χ0v) is 7.47. The van der Waals surface area contributed by atoms with Gasteiger partial charge >= 0.3 is 0 Å². The van der Waals surface area contributed by atoms with Crippen molar-refractivity contribution in [3.63, 3.8) is 0 Å². The summed E-state index contributed by atoms with van der Waals surface area (Å²) < 4.78 is 23.0. The van der Waals surface area contributed by atoms with Crippen LogP contribution in [0.4, 0.5) is 0 Å². The van der Waals surface area contributed by atoms with Crippen molar-refractivity contribution in [2.45, 2.75) is 19.8 Å². The highest BCUT2D eigenvalue weighted by Gasteiger charge is 2.23. The molecule has 2 N–H and O–H groups in total. The van der Waals surface area contributed by atoms with Gasteiger partial charge in [-0.1, -0.05) is 6.92 Å². The lowest BCUT2D eigenvalue weighted by molar-refractivity contribution is 0.281. The molecule has 66 valence electrons. The van der Waals surface area contributed by atoms with E-state index < -0.39 is 10.2 Å². The molecular formula is C6H14N2O2S. The van der Waals surface area contributed by atoms with Gasteiger partial charge in [-0.25, -0.2) is 5.14 Å². The van der Waals surface area contributed by atoms with Crippen molar-refractivity contribution in [3.8, 4) is 0 Å². The third kappa shape index (κ3) is 2.43. The van der Waals surface area contributed by atoms with Crippen LogP contribution in [0.15, 0.2) is 0 Å². The Morgan fingerprint density at radius 3 is 2.55 bits per heavy atom. The summed E-state index contributed by atoms with van der Waals surface area (Å²) in [5, 5.41) is 4.97. The fourth-order valence-electron chi connectivity index (χ4n) is 1.38. The van der Waals surface area contributed by atoms with Crippen LogP contribution in [-0.2, 0) is 10.2 Å². The van der Waals surface area contributed by atoms with Crippen molar-refractivity contribution < 1.29 is 8.42 Å². The summed E-state index contributed by atoms with van der Waals surface area (Å²) in [6, 6.07) is 0. The monoisotopic (exact) mass is 178 g/mol. The Morgan fingerprint density at radius 1 is 1.55 bits per heavy atom. The number of rotatable bonds is 1. The van der Waals surface area contributed by atoms with Gasteiger partial charge in [0.25, 0.3) is 10.2 Å². The van der Waals surface area contributed by atoms with E-state index in [1.165, 1.54) is 4.31 Å². The summed E-state index contributed by atoms with van der Waals surface area (Å²) >= 11 is 0. The molecule has 0 saturated carbocycles. The lowest BCUT2D eigenvalue weighted by atomic mass is 10.0. The molecule has 0 spiro atoms. The standard InChI is InChI=1S/C6H14N2O2S/c1-6-3-2-4-8(5-6)11(7,9)10/h6H,2-5H2,1H3,(H2,7,9,10). The van der Waals surface area contributed by atoms with Gasteiger partial charge in [0, 0.05) is 13.1 Å². The molecule has 1 heterocycles. The van der Waals surface area contributed by atoms with Crippen molar-refractivity contribution in [3.05, 3.63) is 0 Å². The van der Waals surface area contributed by atoms with Crippen LogP contribution >= 0.6 is 0 Å². The Morgan fingerprint density at radius 2 is 2.18 bits per heavy atom. The third-order valence-electron chi connectivity index (χ3n) is 1.98. The van der Waals surface area contributed by atoms with Gasteiger partial charge in [0.15, 0.2) is 0 Å². The van der Waals surface area contributed by atoms with Crippen molar-refractivity contribution in [2.75, 3.05) is 13.1 Å². The maximum absolute atomic E-state index is 10.8. The van der Waals surface area contributed by atoms with Gasteiger partial charge in [0.1, 0.15) is 0 Å². The Kier molecular flexibility index (Phi) is 2.51. The molecule has 1 saturated heterocycles. The molecule has 1 aliphatic heterocycles. The summed E-state index contributed by atoms with van der Waals surface area (Å²) in [6.07, 6.45) is 2.03. The maximum atomic E-state index is 10.8. The number of nitrogens with zero attached hydrogens (tertiary/aromatic N) is 1. The maximum Gasteiger partial charge on any atom is 0.276 e. The number of hydrogen-bond donors (Lipinski definition) is 1. The van der Waals surface area contributed by atoms with Crippen LogP contribution in [0.5, 0.6) is 0 Å². The van der Waals surface area contributed by atoms with Gasteiger partial charge in [-0.15, -0.1) is 0 Å². The molecule has 0 bridgehead atoms. The Labute approximate surface area is 67.6 Å². The van der Waals surface area contributed by atoms with Gasteiger partial charge in [-0.3, -0.25) is 0 Å². The number of piperidine rings is 1. The average Bonchev–Trinajstić information content (AvgIpc) is 1.86. The van der Waals surface area contributed by atoms with Crippen molar-refractivity contribution >= 4 is 10.2 Å². The first kappa shape index (κ1) is 8.96. The minimum absolute atomic E-state index is 0.446. The SMILES string of the molecule is CC1CCCN(S(N)(=O)=O)C1. The molecule has 1 rings (SSSR count). The molecule has 1 unspecified atom stereocenters. The van der Waals surface area contributed by atoms with Gasteiger partial charge in [-0.2, -0.15) is 12.7 Å². The van der Waals surface area contributed by atoms with Crippen molar-refractivity contribution in [2.24, 2.45) is 11.1 Å². The number of hydrogen-bond acceptors (Lipinski definition) is 2. The fraction of sp³-hybridized carbons (Fsp3) is 1.00. The minimum atomic E-state index is -3.43. The molecule has 1 aliphatic rings. The highest BCUT2D eigenvalue weighted by molar-refractivity contribution is 7.86. The van der Waals surface area contributed by atoms with E-state index in [9.17, 15) is 8.42 Å². The van der Waals surface area contributed by atoms with Crippen LogP contribution in [0.25, 0.3) is 0 Å². The van der Waals surface area contributed by atoms with E-state index >= 15 is 0 Å². The zero-order valence-electron chi connectivity index (χ0n) is 6.66. The zero-order chi connectivity index (χ0) is 8.48. The summed E-state index contributed by atoms with van der Waals surface area (Å²) in [6.45, 7) is 3.21. The smallest absolute Gasteiger partial charge is 0.216 e. The Hall–Kier alpha value is -0.130. The molecular weight excluding hydrogens is 164 g/mol. The second kappa shape index (κ2) is 3.08. The van der Waals surface area contributed by atoms with Crippen LogP contribution in [0.3, 0.4) is 0 Å². The van der Waals surface area contributed by atoms with Gasteiger partial charge in [0.2, 0.25) is 0 Å². The lowest BCUT2D eigenvalue weighted by Gasteiger charge is -2.27. The van der Waals surface area contributed by atoms with Crippen LogP contribution in [-0.4, -0.2) is 25.8 Å². The van der Waals surface area contributed by atoms with Crippen LogP contribution < -0.4 is 5.14 Å². The molecule has 0 radical (unpaired) electrons. The van der Waals surface area contributed by atoms with Crippen molar-refractivity contribution in [1.82, 2.24) is 4.31 Å². The lowest BCUT2D eigenvalue weighted by Crippen LogP contribution is -2.42. The topological polar surface area (TPSA) is 63.4 Å². The predicted molar refractivity (Wildman–Crippen MR) is 43.1 cm³/mol.